The molecule has 2 saturated heterocycles. The van der Waals surface area contributed by atoms with Crippen LogP contribution in [0.1, 0.15) is 59.3 Å². The molecule has 4 rings (SSSR count). The van der Waals surface area contributed by atoms with E-state index in [-0.39, 0.29) is 36.0 Å². The first-order chi connectivity index (χ1) is 16.2. The second-order valence-corrected chi connectivity index (χ2v) is 8.89. The number of carbonyl (C=O) groups excluding carboxylic acids is 1. The van der Waals surface area contributed by atoms with Crippen LogP contribution in [0.2, 0.25) is 0 Å². The van der Waals surface area contributed by atoms with Crippen LogP contribution >= 0.6 is 24.0 Å². The Bertz CT molecular complexity index is 975. The van der Waals surface area contributed by atoms with Crippen molar-refractivity contribution < 1.29 is 9.53 Å². The van der Waals surface area contributed by atoms with E-state index in [9.17, 15) is 4.79 Å². The Hall–Kier alpha value is -2.13. The van der Waals surface area contributed by atoms with Crippen LogP contribution in [-0.2, 0) is 11.3 Å². The van der Waals surface area contributed by atoms with E-state index in [1.807, 2.05) is 23.1 Å². The number of piperidine rings is 1. The highest BCUT2D eigenvalue weighted by atomic mass is 127. The molecule has 1 unspecified atom stereocenters. The molecule has 0 aromatic heterocycles. The number of aryl methyl sites for hydroxylation is 1. The summed E-state index contributed by atoms with van der Waals surface area (Å²) in [4.78, 5) is 22.1. The van der Waals surface area contributed by atoms with Gasteiger partial charge in [-0.05, 0) is 61.9 Å². The van der Waals surface area contributed by atoms with Crippen molar-refractivity contribution in [1.29, 1.82) is 0 Å². The summed E-state index contributed by atoms with van der Waals surface area (Å²) in [6, 6.07) is 16.4. The van der Waals surface area contributed by atoms with Gasteiger partial charge in [-0.15, -0.1) is 24.0 Å². The number of halogens is 1. The first-order valence-electron chi connectivity index (χ1n) is 12.2. The highest BCUT2D eigenvalue weighted by molar-refractivity contribution is 14.0. The number of hydrogen-bond donors (Lipinski definition) is 1. The number of aliphatic imine (C=N–C) groups is 1. The van der Waals surface area contributed by atoms with Gasteiger partial charge in [0.05, 0.1) is 19.7 Å². The third kappa shape index (κ3) is 6.72. The minimum Gasteiger partial charge on any atom is -0.370 e. The van der Waals surface area contributed by atoms with Gasteiger partial charge in [0.25, 0.3) is 5.91 Å². The molecule has 6 nitrogen and oxygen atoms in total. The zero-order valence-corrected chi connectivity index (χ0v) is 22.7. The topological polar surface area (TPSA) is 57.2 Å². The van der Waals surface area contributed by atoms with Gasteiger partial charge >= 0.3 is 0 Å². The van der Waals surface area contributed by atoms with Crippen LogP contribution in [0.25, 0.3) is 0 Å². The van der Waals surface area contributed by atoms with Crippen molar-refractivity contribution in [2.45, 2.75) is 45.8 Å². The highest BCUT2D eigenvalue weighted by Gasteiger charge is 2.25. The maximum atomic E-state index is 12.9. The van der Waals surface area contributed by atoms with E-state index >= 15 is 0 Å². The molecule has 1 N–H and O–H groups in total. The van der Waals surface area contributed by atoms with Gasteiger partial charge in [0.2, 0.25) is 0 Å². The van der Waals surface area contributed by atoms with Gasteiger partial charge in [0.15, 0.2) is 5.96 Å². The van der Waals surface area contributed by atoms with Crippen LogP contribution in [-0.4, -0.2) is 61.0 Å². The fraction of sp³-hybridized carbons (Fsp3) is 0.481. The van der Waals surface area contributed by atoms with E-state index < -0.39 is 0 Å². The van der Waals surface area contributed by atoms with Crippen LogP contribution in [0.15, 0.2) is 53.5 Å². The molecular formula is C27H37IN4O2. The molecule has 7 heteroatoms. The van der Waals surface area contributed by atoms with Gasteiger partial charge in [0.1, 0.15) is 6.10 Å². The molecule has 0 saturated carbocycles. The van der Waals surface area contributed by atoms with E-state index in [1.54, 1.807) is 0 Å². The average Bonchev–Trinajstić information content (AvgIpc) is 2.87. The quantitative estimate of drug-likeness (QED) is 0.317. The SMILES string of the molecule is CCNC(=NCc1cccc(C(=O)N2CCCCC2)c1)N1CCOC(c2ccccc2C)C1.I. The van der Waals surface area contributed by atoms with Gasteiger partial charge in [0, 0.05) is 31.7 Å². The number of rotatable bonds is 5. The molecule has 2 aliphatic rings. The molecule has 0 bridgehead atoms. The van der Waals surface area contributed by atoms with Crippen molar-refractivity contribution in [3.63, 3.8) is 0 Å². The van der Waals surface area contributed by atoms with Crippen LogP contribution in [0, 0.1) is 6.92 Å². The Balaban J connectivity index is 0.00000324. The lowest BCUT2D eigenvalue weighted by atomic mass is 10.0. The molecule has 2 heterocycles. The largest absolute Gasteiger partial charge is 0.370 e. The maximum Gasteiger partial charge on any atom is 0.253 e. The monoisotopic (exact) mass is 576 g/mol. The number of nitrogens with one attached hydrogen (secondary N) is 1. The Morgan fingerprint density at radius 3 is 2.62 bits per heavy atom. The predicted molar refractivity (Wildman–Crippen MR) is 148 cm³/mol. The highest BCUT2D eigenvalue weighted by Crippen LogP contribution is 2.25. The molecule has 34 heavy (non-hydrogen) atoms. The zero-order chi connectivity index (χ0) is 23.0. The molecule has 1 atom stereocenters. The number of morpholine rings is 1. The number of ether oxygens (including phenoxy) is 1. The molecule has 0 spiro atoms. The van der Waals surface area contributed by atoms with Crippen molar-refractivity contribution in [3.8, 4) is 0 Å². The number of carbonyl (C=O) groups is 1. The normalized spacial score (nSPS) is 18.9. The molecular weight excluding hydrogens is 539 g/mol. The van der Waals surface area contributed by atoms with Gasteiger partial charge in [-0.2, -0.15) is 0 Å². The second-order valence-electron chi connectivity index (χ2n) is 8.89. The molecule has 0 radical (unpaired) electrons. The summed E-state index contributed by atoms with van der Waals surface area (Å²) in [6.07, 6.45) is 3.46. The summed E-state index contributed by atoms with van der Waals surface area (Å²) in [5, 5.41) is 3.44. The second kappa shape index (κ2) is 13.1. The minimum absolute atomic E-state index is 0. The first kappa shape index (κ1) is 26.5. The smallest absolute Gasteiger partial charge is 0.253 e. The summed E-state index contributed by atoms with van der Waals surface area (Å²) in [7, 11) is 0. The number of benzene rings is 2. The number of guanidine groups is 1. The predicted octanol–water partition coefficient (Wildman–Crippen LogP) is 4.78. The third-order valence-corrected chi connectivity index (χ3v) is 6.46. The van der Waals surface area contributed by atoms with Crippen LogP contribution in [0.3, 0.4) is 0 Å². The minimum atomic E-state index is 0. The van der Waals surface area contributed by atoms with Crippen LogP contribution in [0.4, 0.5) is 0 Å². The molecule has 0 aliphatic carbocycles. The summed E-state index contributed by atoms with van der Waals surface area (Å²) in [5.74, 6) is 1.04. The summed E-state index contributed by atoms with van der Waals surface area (Å²) < 4.78 is 6.10. The lowest BCUT2D eigenvalue weighted by molar-refractivity contribution is -0.00834. The van der Waals surface area contributed by atoms with Crippen molar-refractivity contribution in [3.05, 3.63) is 70.8 Å². The molecule has 2 aromatic rings. The van der Waals surface area contributed by atoms with Gasteiger partial charge < -0.3 is 19.9 Å². The van der Waals surface area contributed by atoms with Crippen molar-refractivity contribution in [1.82, 2.24) is 15.1 Å². The van der Waals surface area contributed by atoms with E-state index in [4.69, 9.17) is 9.73 Å². The number of amides is 1. The standard InChI is InChI=1S/C27H36N4O2.HI/c1-3-28-27(31-16-17-33-25(20-31)24-13-6-5-10-21(24)2)29-19-22-11-9-12-23(18-22)26(32)30-14-7-4-8-15-30;/h5-6,9-13,18,25H,3-4,7-8,14-17,19-20H2,1-2H3,(H,28,29);1H. The van der Waals surface area contributed by atoms with E-state index in [2.05, 4.69) is 54.4 Å². The van der Waals surface area contributed by atoms with Crippen molar-refractivity contribution >= 4 is 35.8 Å². The van der Waals surface area contributed by atoms with Crippen molar-refractivity contribution in [2.24, 2.45) is 4.99 Å². The van der Waals surface area contributed by atoms with Gasteiger partial charge in [-0.1, -0.05) is 36.4 Å². The number of likely N-dealkylation sites (tertiary alicyclic amines) is 1. The lowest BCUT2D eigenvalue weighted by Crippen LogP contribution is -2.48. The van der Waals surface area contributed by atoms with E-state index in [0.29, 0.717) is 13.2 Å². The average molecular weight is 577 g/mol. The first-order valence-corrected chi connectivity index (χ1v) is 12.2. The maximum absolute atomic E-state index is 12.9. The fourth-order valence-electron chi connectivity index (χ4n) is 4.65. The molecule has 1 amide bonds. The Kier molecular flexibility index (Phi) is 10.2. The van der Waals surface area contributed by atoms with Gasteiger partial charge in [-0.3, -0.25) is 4.79 Å². The zero-order valence-electron chi connectivity index (χ0n) is 20.3. The van der Waals surface area contributed by atoms with E-state index in [0.717, 1.165) is 62.7 Å². The van der Waals surface area contributed by atoms with Gasteiger partial charge in [-0.25, -0.2) is 4.99 Å². The third-order valence-electron chi connectivity index (χ3n) is 6.46. The Labute approximate surface area is 220 Å². The number of nitrogens with zero attached hydrogens (tertiary/aromatic N) is 3. The lowest BCUT2D eigenvalue weighted by Gasteiger charge is -2.35. The number of hydrogen-bond acceptors (Lipinski definition) is 3. The summed E-state index contributed by atoms with van der Waals surface area (Å²) >= 11 is 0. The van der Waals surface area contributed by atoms with Crippen LogP contribution in [0.5, 0.6) is 0 Å². The Morgan fingerprint density at radius 1 is 1.06 bits per heavy atom. The summed E-state index contributed by atoms with van der Waals surface area (Å²) in [6.45, 7) is 9.54. The molecule has 2 fully saturated rings. The molecule has 184 valence electrons. The fourth-order valence-corrected chi connectivity index (χ4v) is 4.65. The summed E-state index contributed by atoms with van der Waals surface area (Å²) in [5.41, 5.74) is 4.31. The molecule has 2 aliphatic heterocycles. The van der Waals surface area contributed by atoms with Crippen LogP contribution < -0.4 is 5.32 Å². The Morgan fingerprint density at radius 2 is 1.85 bits per heavy atom. The van der Waals surface area contributed by atoms with E-state index in [1.165, 1.54) is 17.5 Å². The van der Waals surface area contributed by atoms with Crippen molar-refractivity contribution in [2.75, 3.05) is 39.3 Å². The molecule has 2 aromatic carbocycles.